The molecule has 0 N–H and O–H groups in total. The molecule has 1 aliphatic heterocycles. The minimum atomic E-state index is -1.55. The number of ether oxygens (including phenoxy) is 1. The second-order valence-corrected chi connectivity index (χ2v) is 11.3. The van der Waals surface area contributed by atoms with E-state index in [-0.39, 0.29) is 4.85 Å². The third kappa shape index (κ3) is 1.87. The summed E-state index contributed by atoms with van der Waals surface area (Å²) in [4.78, 5) is 0.175. The van der Waals surface area contributed by atoms with Gasteiger partial charge in [0.2, 0.25) is 0 Å². The van der Waals surface area contributed by atoms with Crippen LogP contribution in [0.15, 0.2) is 24.6 Å². The van der Waals surface area contributed by atoms with Crippen molar-refractivity contribution < 1.29 is 4.74 Å². The average molecular weight is 212 g/mol. The van der Waals surface area contributed by atoms with Crippen molar-refractivity contribution in [2.24, 2.45) is 0 Å². The van der Waals surface area contributed by atoms with Gasteiger partial charge in [-0.3, -0.25) is 0 Å². The van der Waals surface area contributed by atoms with Crippen LogP contribution in [0.5, 0.6) is 0 Å². The third-order valence-electron chi connectivity index (χ3n) is 3.46. The molecule has 1 fully saturated rings. The van der Waals surface area contributed by atoms with E-state index in [4.69, 9.17) is 4.74 Å². The number of rotatable bonds is 3. The smallest absolute Gasteiger partial charge is 0.128 e. The van der Waals surface area contributed by atoms with Gasteiger partial charge in [0.1, 0.15) is 8.07 Å². The molecule has 0 aliphatic carbocycles. The van der Waals surface area contributed by atoms with E-state index in [0.717, 1.165) is 16.8 Å². The number of hydrogen-bond acceptors (Lipinski definition) is 1. The topological polar surface area (TPSA) is 9.23 Å². The van der Waals surface area contributed by atoms with Crippen molar-refractivity contribution in [3.63, 3.8) is 0 Å². The number of hydrogen-bond donors (Lipinski definition) is 0. The summed E-state index contributed by atoms with van der Waals surface area (Å²) in [6.07, 6.45) is 3.76. The van der Waals surface area contributed by atoms with Crippen LogP contribution in [0, 0.1) is 0 Å². The lowest BCUT2D eigenvalue weighted by Gasteiger charge is -2.44. The Hall–Kier alpha value is -0.126. The summed E-state index contributed by atoms with van der Waals surface area (Å²) in [6, 6.07) is 0. The first-order chi connectivity index (χ1) is 6.08. The van der Waals surface area contributed by atoms with Crippen molar-refractivity contribution in [1.82, 2.24) is 0 Å². The largest absolute Gasteiger partial charge is 0.382 e. The van der Waals surface area contributed by atoms with Crippen LogP contribution in [0.3, 0.4) is 0 Å². The Morgan fingerprint density at radius 3 is 2.38 bits per heavy atom. The molecule has 1 unspecified atom stereocenters. The highest BCUT2D eigenvalue weighted by atomic mass is 28.4. The molecule has 0 amide bonds. The van der Waals surface area contributed by atoms with Gasteiger partial charge in [-0.25, -0.2) is 0 Å². The molecule has 1 heterocycles. The van der Waals surface area contributed by atoms with Gasteiger partial charge in [0.05, 0.1) is 0 Å². The van der Waals surface area contributed by atoms with Crippen molar-refractivity contribution >= 4 is 18.3 Å². The summed E-state index contributed by atoms with van der Waals surface area (Å²) in [5.41, 5.74) is 4.25. The van der Waals surface area contributed by atoms with Gasteiger partial charge in [-0.05, 0) is 19.3 Å². The molecule has 1 nitrogen and oxygen atoms in total. The standard InChI is InChI=1S/C10H20OSi2/c1-4-13(3,5-2)10(12)8-6-7-9-11-10/h4-5H,1-2,6-9H2,3,12H3. The lowest BCUT2D eigenvalue weighted by atomic mass is 10.2. The molecule has 1 saturated heterocycles. The zero-order valence-corrected chi connectivity index (χ0v) is 11.8. The molecule has 0 radical (unpaired) electrons. The van der Waals surface area contributed by atoms with E-state index in [2.05, 4.69) is 31.1 Å². The Labute approximate surface area is 85.3 Å². The first-order valence-electron chi connectivity index (χ1n) is 4.99. The van der Waals surface area contributed by atoms with Gasteiger partial charge in [0.15, 0.2) is 0 Å². The fraction of sp³-hybridized carbons (Fsp3) is 0.600. The highest BCUT2D eigenvalue weighted by Crippen LogP contribution is 2.32. The molecule has 1 aliphatic rings. The molecule has 1 rings (SSSR count). The van der Waals surface area contributed by atoms with Gasteiger partial charge in [0, 0.05) is 21.7 Å². The molecule has 74 valence electrons. The van der Waals surface area contributed by atoms with Gasteiger partial charge < -0.3 is 4.74 Å². The fourth-order valence-electron chi connectivity index (χ4n) is 1.87. The van der Waals surface area contributed by atoms with E-state index in [1.807, 2.05) is 0 Å². The van der Waals surface area contributed by atoms with Gasteiger partial charge >= 0.3 is 0 Å². The summed E-state index contributed by atoms with van der Waals surface area (Å²) in [5, 5.41) is 0. The Balaban J connectivity index is 2.86. The SMILES string of the molecule is C=C[Si](C)(C=C)C1([SiH3])CCCCO1. The first-order valence-corrected chi connectivity index (χ1v) is 8.64. The maximum absolute atomic E-state index is 5.99. The van der Waals surface area contributed by atoms with Crippen LogP contribution in [0.4, 0.5) is 0 Å². The van der Waals surface area contributed by atoms with Crippen molar-refractivity contribution in [3.05, 3.63) is 24.6 Å². The Kier molecular flexibility index (Phi) is 3.32. The molecular formula is C10H20OSi2. The van der Waals surface area contributed by atoms with Crippen LogP contribution >= 0.6 is 0 Å². The first kappa shape index (κ1) is 11.0. The van der Waals surface area contributed by atoms with Crippen molar-refractivity contribution in [1.29, 1.82) is 0 Å². The fourth-order valence-corrected chi connectivity index (χ4v) is 5.82. The van der Waals surface area contributed by atoms with Crippen LogP contribution in [-0.4, -0.2) is 29.8 Å². The Bertz CT molecular complexity index is 199. The molecule has 3 heteroatoms. The van der Waals surface area contributed by atoms with E-state index >= 15 is 0 Å². The van der Waals surface area contributed by atoms with Crippen LogP contribution in [0.1, 0.15) is 19.3 Å². The molecule has 1 atom stereocenters. The summed E-state index contributed by atoms with van der Waals surface area (Å²) >= 11 is 0. The van der Waals surface area contributed by atoms with E-state index in [1.165, 1.54) is 19.3 Å². The molecule has 13 heavy (non-hydrogen) atoms. The van der Waals surface area contributed by atoms with E-state index in [0.29, 0.717) is 0 Å². The van der Waals surface area contributed by atoms with Gasteiger partial charge in [-0.1, -0.05) is 17.9 Å². The quantitative estimate of drug-likeness (QED) is 0.641. The minimum Gasteiger partial charge on any atom is -0.382 e. The zero-order valence-electron chi connectivity index (χ0n) is 8.81. The van der Waals surface area contributed by atoms with E-state index in [1.54, 1.807) is 0 Å². The molecule has 0 spiro atoms. The monoisotopic (exact) mass is 212 g/mol. The van der Waals surface area contributed by atoms with Gasteiger partial charge in [-0.15, -0.1) is 13.2 Å². The molecule has 0 bridgehead atoms. The minimum absolute atomic E-state index is 0.175. The summed E-state index contributed by atoms with van der Waals surface area (Å²) in [7, 11) is -0.449. The Morgan fingerprint density at radius 2 is 2.00 bits per heavy atom. The lowest BCUT2D eigenvalue weighted by molar-refractivity contribution is 0.0319. The maximum atomic E-state index is 5.99. The highest BCUT2D eigenvalue weighted by molar-refractivity contribution is 6.94. The Morgan fingerprint density at radius 1 is 1.38 bits per heavy atom. The second kappa shape index (κ2) is 3.94. The van der Waals surface area contributed by atoms with Crippen LogP contribution < -0.4 is 0 Å². The summed E-state index contributed by atoms with van der Waals surface area (Å²) in [6.45, 7) is 11.2. The average Bonchev–Trinajstić information content (AvgIpc) is 2.17. The lowest BCUT2D eigenvalue weighted by Crippen LogP contribution is -2.58. The van der Waals surface area contributed by atoms with Crippen LogP contribution in [0.25, 0.3) is 0 Å². The van der Waals surface area contributed by atoms with Crippen molar-refractivity contribution in [3.8, 4) is 0 Å². The van der Waals surface area contributed by atoms with Crippen LogP contribution in [0.2, 0.25) is 6.55 Å². The highest BCUT2D eigenvalue weighted by Gasteiger charge is 2.43. The van der Waals surface area contributed by atoms with Crippen molar-refractivity contribution in [2.75, 3.05) is 6.61 Å². The zero-order chi connectivity index (χ0) is 9.95. The molecular weight excluding hydrogens is 192 g/mol. The third-order valence-corrected chi connectivity index (χ3v) is 11.8. The molecule has 0 aromatic rings. The summed E-state index contributed by atoms with van der Waals surface area (Å²) in [5.74, 6) is 0. The molecule has 0 aromatic heterocycles. The van der Waals surface area contributed by atoms with Gasteiger partial charge in [-0.2, -0.15) is 0 Å². The van der Waals surface area contributed by atoms with E-state index < -0.39 is 8.07 Å². The summed E-state index contributed by atoms with van der Waals surface area (Å²) < 4.78 is 5.99. The van der Waals surface area contributed by atoms with Gasteiger partial charge in [0.25, 0.3) is 0 Å². The van der Waals surface area contributed by atoms with Crippen LogP contribution in [-0.2, 0) is 4.74 Å². The van der Waals surface area contributed by atoms with Crippen molar-refractivity contribution in [2.45, 2.75) is 30.7 Å². The predicted octanol–water partition coefficient (Wildman–Crippen LogP) is 1.32. The second-order valence-electron chi connectivity index (χ2n) is 4.23. The molecule has 0 saturated carbocycles. The molecule has 0 aromatic carbocycles. The maximum Gasteiger partial charge on any atom is 0.128 e. The predicted molar refractivity (Wildman–Crippen MR) is 64.5 cm³/mol. The normalized spacial score (nSPS) is 29.9. The van der Waals surface area contributed by atoms with E-state index in [9.17, 15) is 0 Å².